The Morgan fingerprint density at radius 1 is 0.947 bits per heavy atom. The normalized spacial score (nSPS) is 13.9. The van der Waals surface area contributed by atoms with Gasteiger partial charge in [-0.1, -0.05) is 12.1 Å². The minimum absolute atomic E-state index is 0.00776. The first-order chi connectivity index (χ1) is 9.09. The highest BCUT2D eigenvalue weighted by molar-refractivity contribution is 14.1. The highest BCUT2D eigenvalue weighted by Crippen LogP contribution is 2.30. The Morgan fingerprint density at radius 2 is 1.53 bits per heavy atom. The molecule has 1 aliphatic heterocycles. The maximum atomic E-state index is 13.9. The van der Waals surface area contributed by atoms with Gasteiger partial charge in [-0.25, -0.2) is 9.29 Å². The summed E-state index contributed by atoms with van der Waals surface area (Å²) in [6.07, 6.45) is 0. The Labute approximate surface area is 122 Å². The van der Waals surface area contributed by atoms with E-state index in [1.807, 2.05) is 22.6 Å². The lowest BCUT2D eigenvalue weighted by Crippen LogP contribution is -2.30. The van der Waals surface area contributed by atoms with Crippen molar-refractivity contribution in [2.45, 2.75) is 0 Å². The molecule has 0 fully saturated rings. The predicted molar refractivity (Wildman–Crippen MR) is 76.7 cm³/mol. The van der Waals surface area contributed by atoms with Gasteiger partial charge in [0, 0.05) is 3.57 Å². The van der Waals surface area contributed by atoms with Crippen LogP contribution in [-0.4, -0.2) is 11.8 Å². The summed E-state index contributed by atoms with van der Waals surface area (Å²) in [4.78, 5) is 25.2. The molecular formula is C14H7FINO2. The average Bonchev–Trinajstić information content (AvgIpc) is 2.64. The second-order valence-corrected chi connectivity index (χ2v) is 5.33. The molecule has 2 aromatic carbocycles. The SMILES string of the molecule is O=C1c2ccccc2C(=O)N1c1ccc(I)cc1F. The monoisotopic (exact) mass is 367 g/mol. The van der Waals surface area contributed by atoms with E-state index in [2.05, 4.69) is 0 Å². The van der Waals surface area contributed by atoms with Gasteiger partial charge in [-0.2, -0.15) is 0 Å². The van der Waals surface area contributed by atoms with Crippen LogP contribution >= 0.6 is 22.6 Å². The number of hydrogen-bond acceptors (Lipinski definition) is 2. The van der Waals surface area contributed by atoms with Crippen LogP contribution in [0.4, 0.5) is 10.1 Å². The Kier molecular flexibility index (Phi) is 2.85. The summed E-state index contributed by atoms with van der Waals surface area (Å²) < 4.78 is 14.6. The molecule has 0 unspecified atom stereocenters. The molecular weight excluding hydrogens is 360 g/mol. The zero-order valence-electron chi connectivity index (χ0n) is 9.56. The summed E-state index contributed by atoms with van der Waals surface area (Å²) in [7, 11) is 0. The lowest BCUT2D eigenvalue weighted by molar-refractivity contribution is 0.0925. The fourth-order valence-corrected chi connectivity index (χ4v) is 2.52. The standard InChI is InChI=1S/C14H7FINO2/c15-11-7-8(16)5-6-12(11)17-13(18)9-3-1-2-4-10(9)14(17)19/h1-7H. The Bertz CT molecular complexity index is 679. The number of anilines is 1. The van der Waals surface area contributed by atoms with Crippen molar-refractivity contribution in [1.82, 2.24) is 0 Å². The molecule has 0 radical (unpaired) electrons. The Morgan fingerprint density at radius 3 is 2.05 bits per heavy atom. The van der Waals surface area contributed by atoms with Gasteiger partial charge >= 0.3 is 0 Å². The molecule has 0 aliphatic carbocycles. The zero-order chi connectivity index (χ0) is 13.6. The van der Waals surface area contributed by atoms with Gasteiger partial charge in [0.2, 0.25) is 0 Å². The summed E-state index contributed by atoms with van der Waals surface area (Å²) >= 11 is 1.97. The Hall–Kier alpha value is -1.76. The van der Waals surface area contributed by atoms with E-state index in [0.717, 1.165) is 4.90 Å². The van der Waals surface area contributed by atoms with Crippen LogP contribution in [0.2, 0.25) is 0 Å². The minimum Gasteiger partial charge on any atom is -0.268 e. The highest BCUT2D eigenvalue weighted by Gasteiger charge is 2.37. The second-order valence-electron chi connectivity index (χ2n) is 4.09. The summed E-state index contributed by atoms with van der Waals surface area (Å²) in [6, 6.07) is 10.9. The van der Waals surface area contributed by atoms with E-state index in [9.17, 15) is 14.0 Å². The third-order valence-electron chi connectivity index (χ3n) is 2.94. The number of amides is 2. The highest BCUT2D eigenvalue weighted by atomic mass is 127. The molecule has 5 heteroatoms. The van der Waals surface area contributed by atoms with E-state index in [1.54, 1.807) is 30.3 Å². The number of carbonyl (C=O) groups is 2. The summed E-state index contributed by atoms with van der Waals surface area (Å²) in [6.45, 7) is 0. The van der Waals surface area contributed by atoms with Gasteiger partial charge in [-0.05, 0) is 52.9 Å². The van der Waals surface area contributed by atoms with Gasteiger partial charge in [-0.3, -0.25) is 9.59 Å². The van der Waals surface area contributed by atoms with E-state index in [-0.39, 0.29) is 5.69 Å². The van der Waals surface area contributed by atoms with Crippen LogP contribution in [0.25, 0.3) is 0 Å². The minimum atomic E-state index is -0.582. The summed E-state index contributed by atoms with van der Waals surface area (Å²) in [5.74, 6) is -1.55. The number of hydrogen-bond donors (Lipinski definition) is 0. The topological polar surface area (TPSA) is 37.4 Å². The number of rotatable bonds is 1. The van der Waals surface area contributed by atoms with Gasteiger partial charge in [0.1, 0.15) is 5.82 Å². The van der Waals surface area contributed by atoms with Crippen molar-refractivity contribution in [1.29, 1.82) is 0 Å². The number of carbonyl (C=O) groups excluding carboxylic acids is 2. The smallest absolute Gasteiger partial charge is 0.266 e. The number of fused-ring (bicyclic) bond motifs is 1. The van der Waals surface area contributed by atoms with Crippen molar-refractivity contribution in [3.63, 3.8) is 0 Å². The van der Waals surface area contributed by atoms with Crippen LogP contribution in [0, 0.1) is 9.39 Å². The molecule has 3 nitrogen and oxygen atoms in total. The van der Waals surface area contributed by atoms with Gasteiger partial charge < -0.3 is 0 Å². The lowest BCUT2D eigenvalue weighted by Gasteiger charge is -2.14. The van der Waals surface area contributed by atoms with Crippen molar-refractivity contribution in [2.24, 2.45) is 0 Å². The number of halogens is 2. The van der Waals surface area contributed by atoms with Crippen molar-refractivity contribution >= 4 is 40.1 Å². The van der Waals surface area contributed by atoms with Crippen molar-refractivity contribution < 1.29 is 14.0 Å². The third-order valence-corrected chi connectivity index (χ3v) is 3.62. The molecule has 3 rings (SSSR count). The molecule has 0 aromatic heterocycles. The first-order valence-electron chi connectivity index (χ1n) is 5.52. The molecule has 0 spiro atoms. The predicted octanol–water partition coefficient (Wildman–Crippen LogP) is 3.23. The fourth-order valence-electron chi connectivity index (χ4n) is 2.07. The summed E-state index contributed by atoms with van der Waals surface area (Å²) in [5.41, 5.74) is 0.613. The first kappa shape index (κ1) is 12.3. The molecule has 94 valence electrons. The van der Waals surface area contributed by atoms with Crippen molar-refractivity contribution in [3.8, 4) is 0 Å². The van der Waals surface area contributed by atoms with Crippen molar-refractivity contribution in [3.05, 3.63) is 63.0 Å². The average molecular weight is 367 g/mol. The molecule has 0 N–H and O–H groups in total. The van der Waals surface area contributed by atoms with Crippen molar-refractivity contribution in [2.75, 3.05) is 4.90 Å². The molecule has 1 aliphatic rings. The zero-order valence-corrected chi connectivity index (χ0v) is 11.7. The third kappa shape index (κ3) is 1.85. The molecule has 2 aromatic rings. The van der Waals surface area contributed by atoms with Crippen LogP contribution < -0.4 is 4.90 Å². The van der Waals surface area contributed by atoms with Crippen LogP contribution in [0.3, 0.4) is 0 Å². The molecule has 19 heavy (non-hydrogen) atoms. The molecule has 2 amide bonds. The van der Waals surface area contributed by atoms with E-state index in [4.69, 9.17) is 0 Å². The van der Waals surface area contributed by atoms with E-state index in [1.165, 1.54) is 12.1 Å². The van der Waals surface area contributed by atoms with Gasteiger partial charge in [0.15, 0.2) is 0 Å². The molecule has 0 atom stereocenters. The van der Waals surface area contributed by atoms with Gasteiger partial charge in [0.25, 0.3) is 11.8 Å². The van der Waals surface area contributed by atoms with Crippen LogP contribution in [0.5, 0.6) is 0 Å². The van der Waals surface area contributed by atoms with E-state index >= 15 is 0 Å². The quantitative estimate of drug-likeness (QED) is 0.574. The van der Waals surface area contributed by atoms with E-state index < -0.39 is 17.6 Å². The molecule has 0 bridgehead atoms. The fraction of sp³-hybridized carbons (Fsp3) is 0. The maximum Gasteiger partial charge on any atom is 0.266 e. The van der Waals surface area contributed by atoms with Crippen LogP contribution in [0.1, 0.15) is 20.7 Å². The largest absolute Gasteiger partial charge is 0.268 e. The second kappa shape index (κ2) is 4.41. The number of benzene rings is 2. The number of imide groups is 1. The maximum absolute atomic E-state index is 13.9. The van der Waals surface area contributed by atoms with Gasteiger partial charge in [-0.15, -0.1) is 0 Å². The Balaban J connectivity index is 2.14. The first-order valence-corrected chi connectivity index (χ1v) is 6.60. The number of nitrogens with zero attached hydrogens (tertiary/aromatic N) is 1. The molecule has 0 saturated heterocycles. The molecule has 0 saturated carbocycles. The molecule has 1 heterocycles. The van der Waals surface area contributed by atoms with Crippen LogP contribution in [-0.2, 0) is 0 Å². The van der Waals surface area contributed by atoms with Gasteiger partial charge in [0.05, 0.1) is 16.8 Å². The lowest BCUT2D eigenvalue weighted by atomic mass is 10.1. The van der Waals surface area contributed by atoms with Crippen LogP contribution in [0.15, 0.2) is 42.5 Å². The van der Waals surface area contributed by atoms with E-state index in [0.29, 0.717) is 14.7 Å². The summed E-state index contributed by atoms with van der Waals surface area (Å²) in [5, 5.41) is 0.